The van der Waals surface area contributed by atoms with E-state index in [1.54, 1.807) is 17.5 Å². The number of nitrogens with zero attached hydrogens (tertiary/aromatic N) is 3. The SMILES string of the molecule is [C-]#[N+]NC(=O)COc1nc(C)cn2c(Cc3ccccc3)c(CC(C)C)c(C(=O)C(N)=O)c12. The second kappa shape index (κ2) is 9.96. The number of carbonyl (C=O) groups is 3. The summed E-state index contributed by atoms with van der Waals surface area (Å²) >= 11 is 0. The molecule has 0 bridgehead atoms. The van der Waals surface area contributed by atoms with E-state index in [2.05, 4.69) is 9.94 Å². The Bertz CT molecular complexity index is 1260. The first-order chi connectivity index (χ1) is 15.7. The van der Waals surface area contributed by atoms with Crippen molar-refractivity contribution in [1.82, 2.24) is 14.8 Å². The number of rotatable bonds is 9. The van der Waals surface area contributed by atoms with E-state index in [0.717, 1.165) is 11.3 Å². The molecule has 2 heterocycles. The van der Waals surface area contributed by atoms with Crippen LogP contribution in [0.1, 0.15) is 46.7 Å². The minimum atomic E-state index is -1.09. The molecule has 33 heavy (non-hydrogen) atoms. The monoisotopic (exact) mass is 447 g/mol. The highest BCUT2D eigenvalue weighted by atomic mass is 16.5. The molecule has 2 amide bonds. The van der Waals surface area contributed by atoms with Crippen LogP contribution in [0.2, 0.25) is 0 Å². The molecule has 3 N–H and O–H groups in total. The van der Waals surface area contributed by atoms with Gasteiger partial charge in [0.25, 0.3) is 11.7 Å². The molecule has 0 fully saturated rings. The number of nitrogens with one attached hydrogen (secondary N) is 1. The molecule has 0 aliphatic carbocycles. The maximum atomic E-state index is 13.0. The summed E-state index contributed by atoms with van der Waals surface area (Å²) < 4.78 is 7.41. The van der Waals surface area contributed by atoms with Crippen molar-refractivity contribution in [1.29, 1.82) is 0 Å². The fourth-order valence-corrected chi connectivity index (χ4v) is 3.78. The molecular weight excluding hydrogens is 422 g/mol. The number of aromatic nitrogens is 2. The number of primary amides is 1. The second-order valence-electron chi connectivity index (χ2n) is 8.10. The van der Waals surface area contributed by atoms with Crippen molar-refractivity contribution >= 4 is 23.1 Å². The van der Waals surface area contributed by atoms with Gasteiger partial charge in [0.15, 0.2) is 6.61 Å². The minimum Gasteiger partial charge on any atom is -0.466 e. The van der Waals surface area contributed by atoms with Crippen molar-refractivity contribution in [2.45, 2.75) is 33.6 Å². The van der Waals surface area contributed by atoms with E-state index in [-0.39, 0.29) is 22.9 Å². The lowest BCUT2D eigenvalue weighted by Crippen LogP contribution is -2.25. The number of carbonyl (C=O) groups excluding carboxylic acids is 3. The number of benzene rings is 1. The van der Waals surface area contributed by atoms with Gasteiger partial charge >= 0.3 is 5.91 Å². The van der Waals surface area contributed by atoms with Gasteiger partial charge in [-0.15, -0.1) is 0 Å². The highest BCUT2D eigenvalue weighted by molar-refractivity contribution is 6.44. The predicted octanol–water partition coefficient (Wildman–Crippen LogP) is 2.43. The largest absolute Gasteiger partial charge is 0.466 e. The second-order valence-corrected chi connectivity index (χ2v) is 8.10. The van der Waals surface area contributed by atoms with Gasteiger partial charge in [-0.3, -0.25) is 14.4 Å². The average molecular weight is 447 g/mol. The first kappa shape index (κ1) is 23.5. The molecule has 0 saturated carbocycles. The fourth-order valence-electron chi connectivity index (χ4n) is 3.78. The van der Waals surface area contributed by atoms with Crippen LogP contribution in [0.25, 0.3) is 10.5 Å². The summed E-state index contributed by atoms with van der Waals surface area (Å²) in [7, 11) is 0. The standard InChI is InChI=1S/C24H25N5O4/c1-14(2)10-17-18(11-16-8-6-5-7-9-16)29-12-15(3)27-24(33-13-19(30)28-26-4)21(29)20(17)22(31)23(25)32/h5-9,12,14H,10-11,13H2,1-3H3,(H2,25,32)(H,28,30). The zero-order valence-electron chi connectivity index (χ0n) is 18.7. The van der Waals surface area contributed by atoms with E-state index in [9.17, 15) is 14.4 Å². The molecule has 0 saturated heterocycles. The zero-order valence-corrected chi connectivity index (χ0v) is 18.7. The highest BCUT2D eigenvalue weighted by Gasteiger charge is 2.30. The number of aryl methyl sites for hydroxylation is 1. The molecule has 170 valence electrons. The van der Waals surface area contributed by atoms with Gasteiger partial charge < -0.3 is 14.9 Å². The van der Waals surface area contributed by atoms with Gasteiger partial charge in [-0.1, -0.05) is 49.6 Å². The van der Waals surface area contributed by atoms with E-state index in [0.29, 0.717) is 24.1 Å². The molecule has 0 atom stereocenters. The first-order valence-corrected chi connectivity index (χ1v) is 10.4. The fraction of sp³-hybridized carbons (Fsp3) is 0.292. The Morgan fingerprint density at radius 2 is 1.94 bits per heavy atom. The Balaban J connectivity index is 2.31. The van der Waals surface area contributed by atoms with Crippen LogP contribution >= 0.6 is 0 Å². The predicted molar refractivity (Wildman–Crippen MR) is 121 cm³/mol. The Kier molecular flexibility index (Phi) is 7.08. The highest BCUT2D eigenvalue weighted by Crippen LogP contribution is 2.33. The van der Waals surface area contributed by atoms with Crippen LogP contribution in [0.3, 0.4) is 0 Å². The third-order valence-corrected chi connectivity index (χ3v) is 5.01. The molecule has 9 nitrogen and oxygen atoms in total. The van der Waals surface area contributed by atoms with Crippen molar-refractivity contribution in [2.75, 3.05) is 6.61 Å². The quantitative estimate of drug-likeness (QED) is 0.226. The number of hydrogen-bond acceptors (Lipinski definition) is 5. The summed E-state index contributed by atoms with van der Waals surface area (Å²) in [6.45, 7) is 12.1. The van der Waals surface area contributed by atoms with Crippen LogP contribution in [0.15, 0.2) is 36.5 Å². The summed E-state index contributed by atoms with van der Waals surface area (Å²) in [5.41, 5.74) is 10.9. The number of nitrogens with two attached hydrogens (primary N) is 1. The lowest BCUT2D eigenvalue weighted by molar-refractivity contribution is -0.122. The molecule has 2 aromatic heterocycles. The first-order valence-electron chi connectivity index (χ1n) is 10.4. The van der Waals surface area contributed by atoms with Crippen LogP contribution in [0.5, 0.6) is 5.88 Å². The zero-order chi connectivity index (χ0) is 24.1. The van der Waals surface area contributed by atoms with Gasteiger partial charge in [-0.25, -0.2) is 4.98 Å². The normalized spacial score (nSPS) is 10.8. The van der Waals surface area contributed by atoms with Gasteiger partial charge in [0, 0.05) is 18.3 Å². The van der Waals surface area contributed by atoms with Crippen LogP contribution in [0.4, 0.5) is 0 Å². The number of hydrogen-bond donors (Lipinski definition) is 2. The van der Waals surface area contributed by atoms with Crippen molar-refractivity contribution in [3.05, 3.63) is 76.1 Å². The number of Topliss-reactive ketones (excluding diaryl/α,β-unsaturated/α-hetero) is 1. The molecular formula is C24H25N5O4. The molecule has 0 aliphatic heterocycles. The van der Waals surface area contributed by atoms with E-state index in [4.69, 9.17) is 17.0 Å². The molecule has 0 unspecified atom stereocenters. The Hall–Kier alpha value is -4.19. The third kappa shape index (κ3) is 5.18. The Morgan fingerprint density at radius 1 is 1.24 bits per heavy atom. The number of ether oxygens (including phenoxy) is 1. The maximum absolute atomic E-state index is 13.0. The maximum Gasteiger partial charge on any atom is 0.325 e. The number of ketones is 1. The van der Waals surface area contributed by atoms with Crippen molar-refractivity contribution < 1.29 is 19.1 Å². The van der Waals surface area contributed by atoms with Gasteiger partial charge in [0.1, 0.15) is 5.52 Å². The van der Waals surface area contributed by atoms with Gasteiger partial charge in [0.05, 0.1) is 11.3 Å². The Labute approximate surface area is 191 Å². The van der Waals surface area contributed by atoms with E-state index in [1.165, 1.54) is 0 Å². The lowest BCUT2D eigenvalue weighted by atomic mass is 9.94. The van der Waals surface area contributed by atoms with Gasteiger partial charge in [-0.05, 0) is 30.4 Å². The average Bonchev–Trinajstić information content (AvgIpc) is 3.04. The lowest BCUT2D eigenvalue weighted by Gasteiger charge is -2.11. The summed E-state index contributed by atoms with van der Waals surface area (Å²) in [5.74, 6) is -2.39. The topological polar surface area (TPSA) is 120 Å². The number of amides is 2. The van der Waals surface area contributed by atoms with Crippen molar-refractivity contribution in [3.8, 4) is 5.88 Å². The number of fused-ring (bicyclic) bond motifs is 1. The van der Waals surface area contributed by atoms with E-state index >= 15 is 0 Å². The molecule has 3 aromatic rings. The van der Waals surface area contributed by atoms with E-state index in [1.807, 2.05) is 49.6 Å². The Morgan fingerprint density at radius 3 is 2.55 bits per heavy atom. The summed E-state index contributed by atoms with van der Waals surface area (Å²) in [6.07, 6.45) is 2.79. The smallest absolute Gasteiger partial charge is 0.325 e. The van der Waals surface area contributed by atoms with Gasteiger partial charge in [-0.2, -0.15) is 11.5 Å². The molecule has 0 aliphatic rings. The minimum absolute atomic E-state index is 0.0176. The van der Waals surface area contributed by atoms with E-state index < -0.39 is 24.2 Å². The van der Waals surface area contributed by atoms with Crippen LogP contribution in [0, 0.1) is 19.4 Å². The van der Waals surface area contributed by atoms with Gasteiger partial charge in [0.2, 0.25) is 5.88 Å². The van der Waals surface area contributed by atoms with Crippen LogP contribution in [-0.2, 0) is 22.4 Å². The summed E-state index contributed by atoms with van der Waals surface area (Å²) in [5, 5.41) is 0. The summed E-state index contributed by atoms with van der Waals surface area (Å²) in [6, 6.07) is 9.74. The van der Waals surface area contributed by atoms with Crippen molar-refractivity contribution in [3.63, 3.8) is 0 Å². The van der Waals surface area contributed by atoms with Crippen LogP contribution < -0.4 is 15.9 Å². The third-order valence-electron chi connectivity index (χ3n) is 5.01. The molecule has 9 heteroatoms. The molecule has 0 radical (unpaired) electrons. The van der Waals surface area contributed by atoms with Crippen molar-refractivity contribution in [2.24, 2.45) is 11.7 Å². The van der Waals surface area contributed by atoms with Crippen LogP contribution in [-0.4, -0.2) is 33.6 Å². The molecule has 0 spiro atoms. The summed E-state index contributed by atoms with van der Waals surface area (Å²) in [4.78, 5) is 44.0. The molecule has 3 rings (SSSR count). The molecule has 1 aromatic carbocycles.